The van der Waals surface area contributed by atoms with Gasteiger partial charge in [0.15, 0.2) is 0 Å². The molecule has 0 aliphatic carbocycles. The number of hydrogen-bond donors (Lipinski definition) is 1. The van der Waals surface area contributed by atoms with Gasteiger partial charge in [0.05, 0.1) is 0 Å². The van der Waals surface area contributed by atoms with E-state index in [0.717, 1.165) is 3.92 Å². The van der Waals surface area contributed by atoms with Crippen LogP contribution in [0, 0.1) is 0 Å². The third-order valence-corrected chi connectivity index (χ3v) is 4.13. The number of hydrogen-bond acceptors (Lipinski definition) is 1. The molecule has 1 atom stereocenters. The number of alkyl halides is 2. The van der Waals surface area contributed by atoms with Crippen LogP contribution >= 0.6 is 0 Å². The van der Waals surface area contributed by atoms with E-state index >= 15 is 0 Å². The normalized spacial score (nSPS) is 31.9. The molecule has 0 spiro atoms. The summed E-state index contributed by atoms with van der Waals surface area (Å²) >= 11 is 0.541. The molecule has 2 heteroatoms. The minimum atomic E-state index is 0.541. The minimum absolute atomic E-state index is 0.541. The van der Waals surface area contributed by atoms with Crippen molar-refractivity contribution in [1.29, 1.82) is 0 Å². The second-order valence-corrected chi connectivity index (χ2v) is 4.82. The molecule has 0 radical (unpaired) electrons. The summed E-state index contributed by atoms with van der Waals surface area (Å²) in [7, 11) is 0. The quantitative estimate of drug-likeness (QED) is 0.362. The Hall–Kier alpha value is 0.690. The summed E-state index contributed by atoms with van der Waals surface area (Å²) in [6, 6.07) is 0. The molecule has 1 nitrogen and oxygen atoms in total. The molecule has 0 aromatic carbocycles. The van der Waals surface area contributed by atoms with Gasteiger partial charge in [-0.2, -0.15) is 0 Å². The van der Waals surface area contributed by atoms with Gasteiger partial charge in [-0.1, -0.05) is 0 Å². The first-order valence-corrected chi connectivity index (χ1v) is 6.02. The Kier molecular flexibility index (Phi) is 2.38. The van der Waals surface area contributed by atoms with Gasteiger partial charge < -0.3 is 0 Å². The monoisotopic (exact) mass is 212 g/mol. The van der Waals surface area contributed by atoms with Gasteiger partial charge in [-0.15, -0.1) is 0 Å². The molecule has 44 valence electrons. The van der Waals surface area contributed by atoms with Gasteiger partial charge in [-0.25, -0.2) is 0 Å². The Morgan fingerprint density at radius 1 is 1.71 bits per heavy atom. The summed E-state index contributed by atoms with van der Waals surface area (Å²) in [6.45, 7) is 2.59. The molecule has 1 N–H and O–H groups in total. The van der Waals surface area contributed by atoms with Crippen LogP contribution in [0.3, 0.4) is 0 Å². The Labute approximate surface area is 55.1 Å². The third-order valence-electron chi connectivity index (χ3n) is 1.31. The van der Waals surface area contributed by atoms with Crippen LogP contribution in [0.5, 0.6) is 0 Å². The van der Waals surface area contributed by atoms with Crippen LogP contribution in [0.4, 0.5) is 0 Å². The van der Waals surface area contributed by atoms with Crippen LogP contribution in [0.25, 0.3) is 0 Å². The summed E-state index contributed by atoms with van der Waals surface area (Å²) in [5.41, 5.74) is 0. The standard InChI is InChI=1S/C5H11IN/c1-6-5-2-3-7-4-5/h5,7H,2-4H2,1H3/q-1. The maximum absolute atomic E-state index is 3.35. The zero-order valence-electron chi connectivity index (χ0n) is 4.58. The first kappa shape index (κ1) is 5.82. The van der Waals surface area contributed by atoms with Crippen LogP contribution in [-0.2, 0) is 0 Å². The Morgan fingerprint density at radius 2 is 2.57 bits per heavy atom. The fraction of sp³-hybridized carbons (Fsp3) is 1.00. The molecule has 1 aliphatic rings. The van der Waals surface area contributed by atoms with Gasteiger partial charge in [0, 0.05) is 0 Å². The Bertz CT molecular complexity index is 50.0. The molecule has 1 fully saturated rings. The average molecular weight is 212 g/mol. The Morgan fingerprint density at radius 3 is 2.86 bits per heavy atom. The van der Waals surface area contributed by atoms with Crippen molar-refractivity contribution < 1.29 is 21.2 Å². The van der Waals surface area contributed by atoms with Gasteiger partial charge in [-0.05, 0) is 0 Å². The summed E-state index contributed by atoms with van der Waals surface area (Å²) in [4.78, 5) is 2.37. The van der Waals surface area contributed by atoms with E-state index in [1.165, 1.54) is 19.5 Å². The molecule has 7 heavy (non-hydrogen) atoms. The third kappa shape index (κ3) is 1.57. The molecular formula is C5H11IN-. The summed E-state index contributed by atoms with van der Waals surface area (Å²) < 4.78 is 1.10. The van der Waals surface area contributed by atoms with Gasteiger partial charge in [0.25, 0.3) is 0 Å². The van der Waals surface area contributed by atoms with E-state index in [0.29, 0.717) is 21.2 Å². The number of nitrogens with one attached hydrogen (secondary N) is 1. The van der Waals surface area contributed by atoms with Crippen molar-refractivity contribution in [3.05, 3.63) is 0 Å². The van der Waals surface area contributed by atoms with E-state index in [4.69, 9.17) is 0 Å². The van der Waals surface area contributed by atoms with Gasteiger partial charge >= 0.3 is 54.9 Å². The maximum atomic E-state index is 3.35. The first-order valence-electron chi connectivity index (χ1n) is 2.62. The van der Waals surface area contributed by atoms with Crippen LogP contribution < -0.4 is 26.5 Å². The van der Waals surface area contributed by atoms with E-state index < -0.39 is 0 Å². The molecule has 0 bridgehead atoms. The van der Waals surface area contributed by atoms with Crippen molar-refractivity contribution >= 4 is 0 Å². The molecule has 0 amide bonds. The van der Waals surface area contributed by atoms with E-state index in [2.05, 4.69) is 10.2 Å². The van der Waals surface area contributed by atoms with E-state index in [-0.39, 0.29) is 0 Å². The molecular weight excluding hydrogens is 201 g/mol. The number of rotatable bonds is 1. The molecule has 1 unspecified atom stereocenters. The van der Waals surface area contributed by atoms with Gasteiger partial charge in [0.2, 0.25) is 0 Å². The summed E-state index contributed by atoms with van der Waals surface area (Å²) in [6.07, 6.45) is 1.45. The van der Waals surface area contributed by atoms with Crippen molar-refractivity contribution in [2.75, 3.05) is 18.0 Å². The van der Waals surface area contributed by atoms with Crippen molar-refractivity contribution in [2.45, 2.75) is 10.3 Å². The van der Waals surface area contributed by atoms with E-state index in [1.807, 2.05) is 0 Å². The molecule has 1 heterocycles. The summed E-state index contributed by atoms with van der Waals surface area (Å²) in [5, 5.41) is 3.35. The van der Waals surface area contributed by atoms with Crippen molar-refractivity contribution in [3.8, 4) is 0 Å². The fourth-order valence-corrected chi connectivity index (χ4v) is 2.49. The van der Waals surface area contributed by atoms with Crippen molar-refractivity contribution in [2.24, 2.45) is 0 Å². The topological polar surface area (TPSA) is 12.0 Å². The second-order valence-electron chi connectivity index (χ2n) is 1.81. The fourth-order valence-electron chi connectivity index (χ4n) is 0.806. The molecule has 1 aliphatic heterocycles. The van der Waals surface area contributed by atoms with Crippen LogP contribution in [0.2, 0.25) is 0 Å². The zero-order chi connectivity index (χ0) is 5.11. The average Bonchev–Trinajstić information content (AvgIpc) is 2.14. The molecule has 1 saturated heterocycles. The van der Waals surface area contributed by atoms with Crippen LogP contribution in [0.1, 0.15) is 6.42 Å². The number of halogens is 1. The predicted octanol–water partition coefficient (Wildman–Crippen LogP) is -2.93. The summed E-state index contributed by atoms with van der Waals surface area (Å²) in [5.74, 6) is 0. The van der Waals surface area contributed by atoms with Crippen LogP contribution in [0.15, 0.2) is 0 Å². The van der Waals surface area contributed by atoms with Crippen molar-refractivity contribution in [3.63, 3.8) is 0 Å². The SMILES string of the molecule is C[I-]C1CCNC1. The Balaban J connectivity index is 2.14. The molecule has 0 aromatic rings. The van der Waals surface area contributed by atoms with E-state index in [1.54, 1.807) is 0 Å². The zero-order valence-corrected chi connectivity index (χ0v) is 6.73. The van der Waals surface area contributed by atoms with Gasteiger partial charge in [0.1, 0.15) is 0 Å². The van der Waals surface area contributed by atoms with Crippen molar-refractivity contribution in [1.82, 2.24) is 5.32 Å². The predicted molar refractivity (Wildman–Crippen MR) is 27.2 cm³/mol. The van der Waals surface area contributed by atoms with Crippen LogP contribution in [-0.4, -0.2) is 21.9 Å². The second kappa shape index (κ2) is 2.87. The molecule has 0 aromatic heterocycles. The van der Waals surface area contributed by atoms with Gasteiger partial charge in [-0.3, -0.25) is 0 Å². The molecule has 0 saturated carbocycles. The first-order chi connectivity index (χ1) is 3.43. The van der Waals surface area contributed by atoms with E-state index in [9.17, 15) is 0 Å². The molecule has 1 rings (SSSR count).